The molecule has 1 aliphatic heterocycles. The molecule has 2 fully saturated rings. The molecule has 1 aliphatic carbocycles. The molecule has 27 heavy (non-hydrogen) atoms. The number of imidazole rings is 1. The van der Waals surface area contributed by atoms with Crippen LogP contribution >= 0.6 is 24.8 Å². The summed E-state index contributed by atoms with van der Waals surface area (Å²) in [6.07, 6.45) is 11.3. The Kier molecular flexibility index (Phi) is 7.31. The van der Waals surface area contributed by atoms with E-state index in [0.717, 1.165) is 25.3 Å². The average Bonchev–Trinajstić information content (AvgIpc) is 2.99. The summed E-state index contributed by atoms with van der Waals surface area (Å²) < 4.78 is 3.83. The van der Waals surface area contributed by atoms with E-state index in [4.69, 9.17) is 0 Å². The van der Waals surface area contributed by atoms with E-state index >= 15 is 0 Å². The Morgan fingerprint density at radius 2 is 2.07 bits per heavy atom. The number of hydrogen-bond acceptors (Lipinski definition) is 4. The third-order valence-corrected chi connectivity index (χ3v) is 5.79. The second kappa shape index (κ2) is 9.08. The molecule has 2 aliphatic rings. The van der Waals surface area contributed by atoms with Crippen LogP contribution in [0.5, 0.6) is 0 Å². The Morgan fingerprint density at radius 1 is 1.30 bits per heavy atom. The number of nitrogens with one attached hydrogen (secondary N) is 1. The topological polar surface area (TPSA) is 68.0 Å². The fourth-order valence-corrected chi connectivity index (χ4v) is 4.09. The summed E-state index contributed by atoms with van der Waals surface area (Å²) in [7, 11) is 1.99. The van der Waals surface area contributed by atoms with Gasteiger partial charge in [-0.05, 0) is 43.8 Å². The predicted octanol–water partition coefficient (Wildman–Crippen LogP) is 2.02. The molecule has 1 N–H and O–H groups in total. The Balaban J connectivity index is 0.00000131. The number of hydrogen-bond donors (Lipinski definition) is 1. The number of halogens is 2. The smallest absolute Gasteiger partial charge is 0.225 e. The van der Waals surface area contributed by atoms with Crippen LogP contribution in [0.15, 0.2) is 30.9 Å². The van der Waals surface area contributed by atoms with Gasteiger partial charge in [0.05, 0.1) is 6.54 Å². The molecule has 2 aromatic heterocycles. The highest BCUT2D eigenvalue weighted by Crippen LogP contribution is 2.56. The minimum atomic E-state index is 0. The van der Waals surface area contributed by atoms with Crippen molar-refractivity contribution < 1.29 is 4.79 Å². The Labute approximate surface area is 172 Å². The summed E-state index contributed by atoms with van der Waals surface area (Å²) in [5, 5.41) is 7.64. The molecule has 9 heteroatoms. The van der Waals surface area contributed by atoms with Crippen molar-refractivity contribution in [2.24, 2.45) is 12.5 Å². The molecule has 1 atom stereocenters. The highest BCUT2D eigenvalue weighted by Gasteiger charge is 2.57. The molecule has 1 spiro atoms. The highest BCUT2D eigenvalue weighted by molar-refractivity contribution is 5.85. The van der Waals surface area contributed by atoms with Crippen molar-refractivity contribution in [1.82, 2.24) is 29.5 Å². The van der Waals surface area contributed by atoms with Crippen molar-refractivity contribution >= 4 is 30.7 Å². The second-order valence-electron chi connectivity index (χ2n) is 7.33. The minimum Gasteiger partial charge on any atom is -0.337 e. The van der Waals surface area contributed by atoms with Gasteiger partial charge in [0, 0.05) is 50.8 Å². The van der Waals surface area contributed by atoms with Gasteiger partial charge >= 0.3 is 0 Å². The lowest BCUT2D eigenvalue weighted by Gasteiger charge is -2.29. The van der Waals surface area contributed by atoms with E-state index in [9.17, 15) is 4.79 Å². The number of nitrogens with zero attached hydrogens (tertiary/aromatic N) is 5. The molecule has 7 nitrogen and oxygen atoms in total. The van der Waals surface area contributed by atoms with Crippen LogP contribution in [0.2, 0.25) is 0 Å². The molecular formula is C18H28Cl2N6O. The van der Waals surface area contributed by atoms with Gasteiger partial charge in [-0.15, -0.1) is 24.8 Å². The van der Waals surface area contributed by atoms with Crippen molar-refractivity contribution in [1.29, 1.82) is 0 Å². The second-order valence-corrected chi connectivity index (χ2v) is 7.33. The Bertz CT molecular complexity index is 726. The molecule has 1 saturated heterocycles. The third-order valence-electron chi connectivity index (χ3n) is 5.79. The van der Waals surface area contributed by atoms with Crippen LogP contribution in [0.4, 0.5) is 0 Å². The Morgan fingerprint density at radius 3 is 2.70 bits per heavy atom. The molecule has 0 bridgehead atoms. The Hall–Kier alpha value is -1.57. The van der Waals surface area contributed by atoms with E-state index in [1.807, 2.05) is 34.8 Å². The van der Waals surface area contributed by atoms with Crippen LogP contribution in [0, 0.1) is 5.41 Å². The molecule has 2 aromatic rings. The van der Waals surface area contributed by atoms with Gasteiger partial charge in [0.1, 0.15) is 5.82 Å². The number of piperidine rings is 1. The predicted molar refractivity (Wildman–Crippen MR) is 108 cm³/mol. The van der Waals surface area contributed by atoms with E-state index < -0.39 is 0 Å². The minimum absolute atomic E-state index is 0. The summed E-state index contributed by atoms with van der Waals surface area (Å²) in [6.45, 7) is 3.36. The number of aromatic nitrogens is 4. The van der Waals surface area contributed by atoms with Gasteiger partial charge in [0.25, 0.3) is 0 Å². The maximum absolute atomic E-state index is 13.0. The van der Waals surface area contributed by atoms with Gasteiger partial charge in [-0.3, -0.25) is 9.48 Å². The highest BCUT2D eigenvalue weighted by atomic mass is 35.5. The van der Waals surface area contributed by atoms with Crippen LogP contribution in [-0.2, 0) is 24.9 Å². The zero-order valence-electron chi connectivity index (χ0n) is 15.6. The van der Waals surface area contributed by atoms with Crippen molar-refractivity contribution in [3.8, 4) is 0 Å². The van der Waals surface area contributed by atoms with Gasteiger partial charge in [0.15, 0.2) is 0 Å². The van der Waals surface area contributed by atoms with Gasteiger partial charge in [0.2, 0.25) is 5.91 Å². The zero-order valence-corrected chi connectivity index (χ0v) is 17.2. The van der Waals surface area contributed by atoms with Gasteiger partial charge in [-0.2, -0.15) is 5.10 Å². The lowest BCUT2D eigenvalue weighted by atomic mass is 9.93. The van der Waals surface area contributed by atoms with Crippen molar-refractivity contribution in [2.45, 2.75) is 44.8 Å². The fourth-order valence-electron chi connectivity index (χ4n) is 4.09. The van der Waals surface area contributed by atoms with Crippen LogP contribution in [0.1, 0.15) is 31.5 Å². The summed E-state index contributed by atoms with van der Waals surface area (Å²) in [5.41, 5.74) is 0.331. The molecule has 4 rings (SSSR count). The summed E-state index contributed by atoms with van der Waals surface area (Å²) >= 11 is 0. The first kappa shape index (κ1) is 21.7. The van der Waals surface area contributed by atoms with Crippen LogP contribution < -0.4 is 5.32 Å². The lowest BCUT2D eigenvalue weighted by Crippen LogP contribution is -2.39. The van der Waals surface area contributed by atoms with Crippen LogP contribution in [-0.4, -0.2) is 49.3 Å². The van der Waals surface area contributed by atoms with E-state index in [2.05, 4.69) is 20.3 Å². The van der Waals surface area contributed by atoms with Crippen molar-refractivity contribution in [3.63, 3.8) is 0 Å². The molecule has 0 radical (unpaired) electrons. The molecule has 1 unspecified atom stereocenters. The lowest BCUT2D eigenvalue weighted by molar-refractivity contribution is -0.133. The van der Waals surface area contributed by atoms with E-state index in [0.29, 0.717) is 31.0 Å². The first-order chi connectivity index (χ1) is 12.2. The summed E-state index contributed by atoms with van der Waals surface area (Å²) in [4.78, 5) is 19.5. The van der Waals surface area contributed by atoms with Gasteiger partial charge in [-0.1, -0.05) is 0 Å². The SMILES string of the molecule is Cl.Cl.Cn1ccnc1CN(C(=O)CCn1cccn1)C1CC12CCNCC2. The largest absolute Gasteiger partial charge is 0.337 e. The first-order valence-corrected chi connectivity index (χ1v) is 9.12. The molecule has 3 heterocycles. The summed E-state index contributed by atoms with van der Waals surface area (Å²) in [5.74, 6) is 1.15. The van der Waals surface area contributed by atoms with Crippen molar-refractivity contribution in [2.75, 3.05) is 13.1 Å². The molecular weight excluding hydrogens is 387 g/mol. The normalized spacial score (nSPS) is 19.8. The first-order valence-electron chi connectivity index (χ1n) is 9.12. The zero-order chi connectivity index (χ0) is 17.3. The average molecular weight is 415 g/mol. The number of aryl methyl sites for hydroxylation is 2. The standard InChI is InChI=1S/C18H26N6O.2ClH/c1-22-12-9-20-16(22)14-24(15-13-18(15)4-7-19-8-5-18)17(25)3-11-23-10-2-6-21-23;;/h2,6,9-10,12,15,19H,3-5,7-8,11,13-14H2,1H3;2*1H. The van der Waals surface area contributed by atoms with E-state index in [-0.39, 0.29) is 30.7 Å². The van der Waals surface area contributed by atoms with Gasteiger partial charge in [-0.25, -0.2) is 4.98 Å². The van der Waals surface area contributed by atoms with Gasteiger partial charge < -0.3 is 14.8 Å². The molecule has 150 valence electrons. The van der Waals surface area contributed by atoms with E-state index in [1.165, 1.54) is 12.8 Å². The van der Waals surface area contributed by atoms with Crippen molar-refractivity contribution in [3.05, 3.63) is 36.7 Å². The van der Waals surface area contributed by atoms with Crippen LogP contribution in [0.25, 0.3) is 0 Å². The van der Waals surface area contributed by atoms with Crippen LogP contribution in [0.3, 0.4) is 0 Å². The quantitative estimate of drug-likeness (QED) is 0.784. The monoisotopic (exact) mass is 414 g/mol. The third kappa shape index (κ3) is 4.65. The maximum atomic E-state index is 13.0. The molecule has 1 saturated carbocycles. The molecule has 0 aromatic carbocycles. The summed E-state index contributed by atoms with van der Waals surface area (Å²) in [6, 6.07) is 2.25. The van der Waals surface area contributed by atoms with E-state index in [1.54, 1.807) is 12.4 Å². The number of carbonyl (C=O) groups excluding carboxylic acids is 1. The maximum Gasteiger partial charge on any atom is 0.225 e. The number of carbonyl (C=O) groups is 1. The number of amides is 1. The fraction of sp³-hybridized carbons (Fsp3) is 0.611. The molecule has 1 amide bonds. The number of rotatable bonds is 6.